The van der Waals surface area contributed by atoms with Gasteiger partial charge in [0.1, 0.15) is 0 Å². The first-order valence-electron chi connectivity index (χ1n) is 5.94. The minimum atomic E-state index is -0.0872. The van der Waals surface area contributed by atoms with Gasteiger partial charge in [-0.2, -0.15) is 0 Å². The molecule has 1 aromatic heterocycles. The van der Waals surface area contributed by atoms with E-state index in [2.05, 4.69) is 10.3 Å². The number of anilines is 3. The van der Waals surface area contributed by atoms with Crippen molar-refractivity contribution >= 4 is 23.1 Å². The van der Waals surface area contributed by atoms with E-state index in [1.165, 1.54) is 0 Å². The van der Waals surface area contributed by atoms with Gasteiger partial charge in [0.25, 0.3) is 5.91 Å². The molecule has 1 aliphatic heterocycles. The van der Waals surface area contributed by atoms with Gasteiger partial charge in [0, 0.05) is 12.7 Å². The van der Waals surface area contributed by atoms with Gasteiger partial charge in [0.05, 0.1) is 16.9 Å². The van der Waals surface area contributed by atoms with Crippen molar-refractivity contribution in [3.8, 4) is 0 Å². The lowest BCUT2D eigenvalue weighted by atomic mass is 10.1. The van der Waals surface area contributed by atoms with Crippen LogP contribution in [0.5, 0.6) is 0 Å². The number of nitrogens with zero attached hydrogens (tertiary/aromatic N) is 2. The first kappa shape index (κ1) is 10.8. The molecule has 1 aliphatic rings. The molecule has 4 nitrogen and oxygen atoms in total. The Kier molecular flexibility index (Phi) is 2.48. The number of fused-ring (bicyclic) bond motifs is 2. The van der Waals surface area contributed by atoms with Gasteiger partial charge in [0.2, 0.25) is 0 Å². The SMILES string of the molecule is CCN1c2ccccc2C(=O)Nc2cccnc21. The molecule has 0 aliphatic carbocycles. The molecule has 3 rings (SSSR count). The fourth-order valence-corrected chi connectivity index (χ4v) is 2.23. The highest BCUT2D eigenvalue weighted by molar-refractivity contribution is 6.11. The molecule has 1 aromatic carbocycles. The Morgan fingerprint density at radius 3 is 2.89 bits per heavy atom. The third-order valence-electron chi connectivity index (χ3n) is 3.05. The maximum atomic E-state index is 12.2. The van der Waals surface area contributed by atoms with Gasteiger partial charge < -0.3 is 10.2 Å². The quantitative estimate of drug-likeness (QED) is 0.832. The van der Waals surface area contributed by atoms with Gasteiger partial charge in [-0.05, 0) is 31.2 Å². The van der Waals surface area contributed by atoms with E-state index in [0.717, 1.165) is 23.7 Å². The van der Waals surface area contributed by atoms with E-state index in [1.807, 2.05) is 48.2 Å². The van der Waals surface area contributed by atoms with E-state index in [4.69, 9.17) is 0 Å². The number of para-hydroxylation sites is 1. The summed E-state index contributed by atoms with van der Waals surface area (Å²) < 4.78 is 0. The summed E-state index contributed by atoms with van der Waals surface area (Å²) in [5.74, 6) is 0.703. The Hall–Kier alpha value is -2.36. The lowest BCUT2D eigenvalue weighted by Crippen LogP contribution is -2.18. The summed E-state index contributed by atoms with van der Waals surface area (Å²) in [5.41, 5.74) is 2.33. The number of amides is 1. The van der Waals surface area contributed by atoms with Gasteiger partial charge in [-0.15, -0.1) is 0 Å². The third kappa shape index (κ3) is 1.54. The fraction of sp³-hybridized carbons (Fsp3) is 0.143. The van der Waals surface area contributed by atoms with Gasteiger partial charge >= 0.3 is 0 Å². The number of nitrogens with one attached hydrogen (secondary N) is 1. The molecule has 0 spiro atoms. The second-order valence-corrected chi connectivity index (χ2v) is 4.09. The van der Waals surface area contributed by atoms with Crippen LogP contribution in [0.1, 0.15) is 17.3 Å². The first-order valence-corrected chi connectivity index (χ1v) is 5.94. The van der Waals surface area contributed by atoms with Crippen LogP contribution in [0.25, 0.3) is 0 Å². The average molecular weight is 239 g/mol. The number of rotatable bonds is 1. The highest BCUT2D eigenvalue weighted by Crippen LogP contribution is 2.35. The molecular formula is C14H13N3O. The first-order chi connectivity index (χ1) is 8.81. The van der Waals surface area contributed by atoms with E-state index >= 15 is 0 Å². The average Bonchev–Trinajstić information content (AvgIpc) is 2.53. The lowest BCUT2D eigenvalue weighted by molar-refractivity contribution is 0.102. The molecule has 0 unspecified atom stereocenters. The number of carbonyl (C=O) groups excluding carboxylic acids is 1. The van der Waals surface area contributed by atoms with E-state index in [9.17, 15) is 4.79 Å². The maximum Gasteiger partial charge on any atom is 0.257 e. The maximum absolute atomic E-state index is 12.2. The molecule has 4 heteroatoms. The summed E-state index contributed by atoms with van der Waals surface area (Å²) in [6.07, 6.45) is 1.74. The van der Waals surface area contributed by atoms with Crippen LogP contribution >= 0.6 is 0 Å². The van der Waals surface area contributed by atoms with Crippen LogP contribution in [0.15, 0.2) is 42.6 Å². The Morgan fingerprint density at radius 1 is 1.22 bits per heavy atom. The van der Waals surface area contributed by atoms with Crippen molar-refractivity contribution < 1.29 is 4.79 Å². The van der Waals surface area contributed by atoms with Crippen LogP contribution in [0.2, 0.25) is 0 Å². The van der Waals surface area contributed by atoms with Gasteiger partial charge in [-0.3, -0.25) is 4.79 Å². The summed E-state index contributed by atoms with van der Waals surface area (Å²) in [6, 6.07) is 11.3. The molecule has 2 aromatic rings. The second-order valence-electron chi connectivity index (χ2n) is 4.09. The Balaban J connectivity index is 2.26. The number of carbonyl (C=O) groups is 1. The van der Waals surface area contributed by atoms with Crippen LogP contribution in [0.4, 0.5) is 17.2 Å². The lowest BCUT2D eigenvalue weighted by Gasteiger charge is -2.22. The van der Waals surface area contributed by atoms with Crippen LogP contribution in [0, 0.1) is 0 Å². The van der Waals surface area contributed by atoms with Crippen LogP contribution in [0.3, 0.4) is 0 Å². The highest BCUT2D eigenvalue weighted by Gasteiger charge is 2.24. The number of benzene rings is 1. The number of aromatic nitrogens is 1. The van der Waals surface area contributed by atoms with Crippen LogP contribution < -0.4 is 10.2 Å². The minimum Gasteiger partial charge on any atom is -0.324 e. The summed E-state index contributed by atoms with van der Waals surface area (Å²) in [4.78, 5) is 18.6. The molecule has 1 amide bonds. The van der Waals surface area contributed by atoms with Crippen molar-refractivity contribution in [3.05, 3.63) is 48.2 Å². The van der Waals surface area contributed by atoms with Gasteiger partial charge in [-0.1, -0.05) is 12.1 Å². The molecule has 18 heavy (non-hydrogen) atoms. The standard InChI is InChI=1S/C14H13N3O/c1-2-17-12-8-4-3-6-10(12)14(18)16-11-7-5-9-15-13(11)17/h3-9H,2H2,1H3,(H,16,18). The third-order valence-corrected chi connectivity index (χ3v) is 3.05. The van der Waals surface area contributed by atoms with E-state index in [-0.39, 0.29) is 5.91 Å². The topological polar surface area (TPSA) is 45.2 Å². The van der Waals surface area contributed by atoms with Crippen LogP contribution in [-0.2, 0) is 0 Å². The molecule has 0 saturated carbocycles. The molecule has 1 N–H and O–H groups in total. The molecule has 90 valence electrons. The number of hydrogen-bond donors (Lipinski definition) is 1. The van der Waals surface area contributed by atoms with Gasteiger partial charge in [-0.25, -0.2) is 4.98 Å². The van der Waals surface area contributed by atoms with Crippen molar-refractivity contribution in [2.24, 2.45) is 0 Å². The predicted molar refractivity (Wildman–Crippen MR) is 71.3 cm³/mol. The number of pyridine rings is 1. The Bertz CT molecular complexity index is 609. The summed E-state index contributed by atoms with van der Waals surface area (Å²) in [6.45, 7) is 2.81. The molecule has 2 heterocycles. The van der Waals surface area contributed by atoms with E-state index < -0.39 is 0 Å². The fourth-order valence-electron chi connectivity index (χ4n) is 2.23. The normalized spacial score (nSPS) is 13.4. The van der Waals surface area contributed by atoms with Crippen LogP contribution in [-0.4, -0.2) is 17.4 Å². The van der Waals surface area contributed by atoms with Gasteiger partial charge in [0.15, 0.2) is 5.82 Å². The van der Waals surface area contributed by atoms with Crippen molar-refractivity contribution in [2.45, 2.75) is 6.92 Å². The second kappa shape index (κ2) is 4.14. The largest absolute Gasteiger partial charge is 0.324 e. The minimum absolute atomic E-state index is 0.0872. The van der Waals surface area contributed by atoms with Crippen molar-refractivity contribution in [2.75, 3.05) is 16.8 Å². The number of hydrogen-bond acceptors (Lipinski definition) is 3. The molecule has 0 atom stereocenters. The zero-order valence-corrected chi connectivity index (χ0v) is 10.1. The molecule has 0 bridgehead atoms. The highest BCUT2D eigenvalue weighted by atomic mass is 16.1. The smallest absolute Gasteiger partial charge is 0.257 e. The van der Waals surface area contributed by atoms with E-state index in [1.54, 1.807) is 6.20 Å². The van der Waals surface area contributed by atoms with Crippen molar-refractivity contribution in [1.29, 1.82) is 0 Å². The molecule has 0 radical (unpaired) electrons. The van der Waals surface area contributed by atoms with E-state index in [0.29, 0.717) is 5.56 Å². The zero-order chi connectivity index (χ0) is 12.5. The summed E-state index contributed by atoms with van der Waals surface area (Å²) >= 11 is 0. The summed E-state index contributed by atoms with van der Waals surface area (Å²) in [7, 11) is 0. The zero-order valence-electron chi connectivity index (χ0n) is 10.1. The van der Waals surface area contributed by atoms with Crippen molar-refractivity contribution in [3.63, 3.8) is 0 Å². The molecule has 0 fully saturated rings. The van der Waals surface area contributed by atoms with Crippen molar-refractivity contribution in [1.82, 2.24) is 4.98 Å². The monoisotopic (exact) mass is 239 g/mol. The predicted octanol–water partition coefficient (Wildman–Crippen LogP) is 2.81. The molecule has 0 saturated heterocycles. The Labute approximate surface area is 105 Å². The summed E-state index contributed by atoms with van der Waals surface area (Å²) in [5, 5.41) is 2.90. The Morgan fingerprint density at radius 2 is 2.06 bits per heavy atom. The molecular weight excluding hydrogens is 226 g/mol.